The molecule has 1 aromatic rings. The SMILES string of the molecule is CCONC(C)=C1C(=O)CC(CCSc2ccc(C(F)(F)F)cc2)CC1=O. The maximum Gasteiger partial charge on any atom is 0.416 e. The third kappa shape index (κ3) is 6.10. The molecule has 148 valence electrons. The van der Waals surface area contributed by atoms with Crippen LogP contribution in [0.2, 0.25) is 0 Å². The predicted molar refractivity (Wildman–Crippen MR) is 97.0 cm³/mol. The molecule has 0 unspecified atom stereocenters. The van der Waals surface area contributed by atoms with Gasteiger partial charge in [-0.15, -0.1) is 11.8 Å². The number of rotatable bonds is 7. The Hall–Kier alpha value is -1.80. The Balaban J connectivity index is 1.86. The van der Waals surface area contributed by atoms with Crippen LogP contribution in [0.25, 0.3) is 0 Å². The molecule has 1 fully saturated rings. The van der Waals surface area contributed by atoms with Crippen molar-refractivity contribution < 1.29 is 27.6 Å². The summed E-state index contributed by atoms with van der Waals surface area (Å²) in [6.07, 6.45) is -3.11. The van der Waals surface area contributed by atoms with Gasteiger partial charge in [0.15, 0.2) is 11.6 Å². The van der Waals surface area contributed by atoms with E-state index in [9.17, 15) is 22.8 Å². The molecule has 1 aliphatic rings. The Kier molecular flexibility index (Phi) is 7.49. The van der Waals surface area contributed by atoms with Gasteiger partial charge in [0, 0.05) is 23.4 Å². The van der Waals surface area contributed by atoms with Crippen molar-refractivity contribution in [3.05, 3.63) is 41.1 Å². The fourth-order valence-corrected chi connectivity index (χ4v) is 3.91. The fourth-order valence-electron chi connectivity index (χ4n) is 2.89. The van der Waals surface area contributed by atoms with Gasteiger partial charge in [-0.05, 0) is 56.2 Å². The van der Waals surface area contributed by atoms with Crippen LogP contribution in [0.1, 0.15) is 38.7 Å². The molecule has 0 saturated heterocycles. The summed E-state index contributed by atoms with van der Waals surface area (Å²) in [5.41, 5.74) is 2.55. The van der Waals surface area contributed by atoms with E-state index in [2.05, 4.69) is 5.48 Å². The molecular formula is C19H22F3NO3S. The molecule has 0 radical (unpaired) electrons. The first-order valence-corrected chi connectivity index (χ1v) is 9.66. The lowest BCUT2D eigenvalue weighted by molar-refractivity contribution is -0.137. The molecule has 0 aromatic heterocycles. The number of ketones is 2. The van der Waals surface area contributed by atoms with E-state index in [1.165, 1.54) is 23.9 Å². The monoisotopic (exact) mass is 401 g/mol. The fraction of sp³-hybridized carbons (Fsp3) is 0.474. The summed E-state index contributed by atoms with van der Waals surface area (Å²) in [6.45, 7) is 3.85. The molecule has 0 atom stereocenters. The molecule has 4 nitrogen and oxygen atoms in total. The third-order valence-electron chi connectivity index (χ3n) is 4.23. The molecule has 8 heteroatoms. The highest BCUT2D eigenvalue weighted by atomic mass is 32.2. The molecule has 27 heavy (non-hydrogen) atoms. The Morgan fingerprint density at radius 2 is 1.78 bits per heavy atom. The molecule has 0 amide bonds. The van der Waals surface area contributed by atoms with Gasteiger partial charge in [0.05, 0.1) is 17.7 Å². The van der Waals surface area contributed by atoms with Gasteiger partial charge >= 0.3 is 6.18 Å². The van der Waals surface area contributed by atoms with Gasteiger partial charge in [0.25, 0.3) is 0 Å². The van der Waals surface area contributed by atoms with E-state index in [0.29, 0.717) is 37.3 Å². The number of hydroxylamine groups is 1. The van der Waals surface area contributed by atoms with Gasteiger partial charge in [-0.2, -0.15) is 13.2 Å². The van der Waals surface area contributed by atoms with Gasteiger partial charge in [-0.25, -0.2) is 0 Å². The summed E-state index contributed by atoms with van der Waals surface area (Å²) >= 11 is 1.42. The Morgan fingerprint density at radius 1 is 1.19 bits per heavy atom. The maximum absolute atomic E-state index is 12.6. The standard InChI is InChI=1S/C19H22F3NO3S/c1-3-26-23-12(2)18-16(24)10-13(11-17(18)25)8-9-27-15-6-4-14(5-7-15)19(20,21)22/h4-7,13,23H,3,8-11H2,1-2H3. The van der Waals surface area contributed by atoms with Crippen molar-refractivity contribution in [2.75, 3.05) is 12.4 Å². The lowest BCUT2D eigenvalue weighted by atomic mass is 9.82. The van der Waals surface area contributed by atoms with Crippen LogP contribution in [0, 0.1) is 5.92 Å². The van der Waals surface area contributed by atoms with E-state index >= 15 is 0 Å². The smallest absolute Gasteiger partial charge is 0.294 e. The number of hydrogen-bond donors (Lipinski definition) is 1. The van der Waals surface area contributed by atoms with Crippen molar-refractivity contribution in [1.82, 2.24) is 5.48 Å². The largest absolute Gasteiger partial charge is 0.416 e. The number of hydrogen-bond acceptors (Lipinski definition) is 5. The minimum Gasteiger partial charge on any atom is -0.294 e. The van der Waals surface area contributed by atoms with Crippen molar-refractivity contribution >= 4 is 23.3 Å². The first kappa shape index (κ1) is 21.5. The molecule has 1 aliphatic carbocycles. The van der Waals surface area contributed by atoms with Crippen molar-refractivity contribution in [2.24, 2.45) is 5.92 Å². The van der Waals surface area contributed by atoms with Crippen LogP contribution in [-0.2, 0) is 20.6 Å². The Labute approximate surface area is 160 Å². The Morgan fingerprint density at radius 3 is 2.30 bits per heavy atom. The molecule has 1 N–H and O–H groups in total. The van der Waals surface area contributed by atoms with Gasteiger partial charge < -0.3 is 0 Å². The van der Waals surface area contributed by atoms with Crippen LogP contribution < -0.4 is 5.48 Å². The number of thioether (sulfide) groups is 1. The van der Waals surface area contributed by atoms with E-state index in [1.807, 2.05) is 0 Å². The van der Waals surface area contributed by atoms with Gasteiger partial charge in [0.1, 0.15) is 0 Å². The predicted octanol–water partition coefficient (Wildman–Crippen LogP) is 4.55. The summed E-state index contributed by atoms with van der Waals surface area (Å²) in [4.78, 5) is 30.4. The van der Waals surface area contributed by atoms with Crippen LogP contribution in [0.3, 0.4) is 0 Å². The van der Waals surface area contributed by atoms with Crippen molar-refractivity contribution in [1.29, 1.82) is 0 Å². The molecule has 0 spiro atoms. The third-order valence-corrected chi connectivity index (χ3v) is 5.27. The number of allylic oxidation sites excluding steroid dienone is 2. The summed E-state index contributed by atoms with van der Waals surface area (Å²) in [5, 5.41) is 0. The second-order valence-corrected chi connectivity index (χ2v) is 7.48. The minimum atomic E-state index is -4.34. The second-order valence-electron chi connectivity index (χ2n) is 6.31. The molecule has 1 aromatic carbocycles. The highest BCUT2D eigenvalue weighted by Crippen LogP contribution is 2.32. The first-order chi connectivity index (χ1) is 12.7. The van der Waals surface area contributed by atoms with Gasteiger partial charge in [-0.3, -0.25) is 19.9 Å². The number of alkyl halides is 3. The molecule has 0 heterocycles. The van der Waals surface area contributed by atoms with Crippen LogP contribution in [0.4, 0.5) is 13.2 Å². The van der Waals surface area contributed by atoms with Crippen molar-refractivity contribution in [3.63, 3.8) is 0 Å². The quantitative estimate of drug-likeness (QED) is 0.314. The topological polar surface area (TPSA) is 55.4 Å². The van der Waals surface area contributed by atoms with Gasteiger partial charge in [-0.1, -0.05) is 0 Å². The second kappa shape index (κ2) is 9.41. The average molecular weight is 401 g/mol. The summed E-state index contributed by atoms with van der Waals surface area (Å²) in [6, 6.07) is 4.99. The Bertz CT molecular complexity index is 694. The average Bonchev–Trinajstić information content (AvgIpc) is 2.59. The molecule has 2 rings (SSSR count). The van der Waals surface area contributed by atoms with E-state index in [0.717, 1.165) is 17.0 Å². The normalized spacial score (nSPS) is 18.0. The van der Waals surface area contributed by atoms with Crippen LogP contribution in [0.5, 0.6) is 0 Å². The first-order valence-electron chi connectivity index (χ1n) is 8.67. The zero-order valence-corrected chi connectivity index (χ0v) is 16.0. The van der Waals surface area contributed by atoms with Crippen LogP contribution in [0.15, 0.2) is 40.4 Å². The van der Waals surface area contributed by atoms with E-state index < -0.39 is 11.7 Å². The van der Waals surface area contributed by atoms with Gasteiger partial charge in [0.2, 0.25) is 0 Å². The minimum absolute atomic E-state index is 0.0457. The highest BCUT2D eigenvalue weighted by Gasteiger charge is 2.32. The molecular weight excluding hydrogens is 379 g/mol. The lowest BCUT2D eigenvalue weighted by Crippen LogP contribution is -2.30. The van der Waals surface area contributed by atoms with Crippen LogP contribution >= 0.6 is 11.8 Å². The summed E-state index contributed by atoms with van der Waals surface area (Å²) in [5.74, 6) is 0.197. The maximum atomic E-state index is 12.6. The number of carbonyl (C=O) groups is 2. The number of carbonyl (C=O) groups excluding carboxylic acids is 2. The zero-order valence-electron chi connectivity index (χ0n) is 15.2. The number of benzene rings is 1. The molecule has 1 saturated carbocycles. The van der Waals surface area contributed by atoms with Crippen LogP contribution in [-0.4, -0.2) is 23.9 Å². The number of Topliss-reactive ketones (excluding diaryl/α,β-unsaturated/α-hetero) is 2. The summed E-state index contributed by atoms with van der Waals surface area (Å²) < 4.78 is 37.7. The zero-order chi connectivity index (χ0) is 20.0. The molecule has 0 aliphatic heterocycles. The number of nitrogens with one attached hydrogen (secondary N) is 1. The molecule has 0 bridgehead atoms. The number of halogens is 3. The van der Waals surface area contributed by atoms with E-state index in [1.54, 1.807) is 13.8 Å². The highest BCUT2D eigenvalue weighted by molar-refractivity contribution is 7.99. The van der Waals surface area contributed by atoms with E-state index in [4.69, 9.17) is 4.84 Å². The lowest BCUT2D eigenvalue weighted by Gasteiger charge is -2.23. The van der Waals surface area contributed by atoms with Crippen molar-refractivity contribution in [3.8, 4) is 0 Å². The van der Waals surface area contributed by atoms with Crippen molar-refractivity contribution in [2.45, 2.75) is 44.2 Å². The summed E-state index contributed by atoms with van der Waals surface area (Å²) in [7, 11) is 0. The van der Waals surface area contributed by atoms with E-state index in [-0.39, 0.29) is 23.1 Å².